The quantitative estimate of drug-likeness (QED) is 0.279. The van der Waals surface area contributed by atoms with E-state index in [2.05, 4.69) is 13.2 Å². The van der Waals surface area contributed by atoms with Crippen LogP contribution in [0.2, 0.25) is 0 Å². The molecule has 0 radical (unpaired) electrons. The summed E-state index contributed by atoms with van der Waals surface area (Å²) in [6.07, 6.45) is 2.15. The third-order valence-electron chi connectivity index (χ3n) is 0. The highest BCUT2D eigenvalue weighted by atomic mass is 32.2. The Balaban J connectivity index is -0.0000000298. The molecule has 0 rings (SSSR count). The van der Waals surface area contributed by atoms with Crippen LogP contribution in [0.3, 0.4) is 0 Å². The maximum Gasteiger partial charge on any atom is 0.261 e. The van der Waals surface area contributed by atoms with Crippen molar-refractivity contribution in [3.05, 3.63) is 13.2 Å². The Morgan fingerprint density at radius 1 is 0.579 bits per heavy atom. The zero-order valence-corrected chi connectivity index (χ0v) is 13.3. The summed E-state index contributed by atoms with van der Waals surface area (Å²) in [5.41, 5.74) is 0. The Morgan fingerprint density at radius 2 is 0.579 bits per heavy atom. The summed E-state index contributed by atoms with van der Waals surface area (Å²) in [6.45, 7) is 6.00. The van der Waals surface area contributed by atoms with E-state index in [1.807, 2.05) is 0 Å². The van der Waals surface area contributed by atoms with E-state index < -0.39 is 30.4 Å². The van der Waals surface area contributed by atoms with E-state index in [9.17, 15) is 25.3 Å². The second kappa shape index (κ2) is 15.4. The molecule has 19 heavy (non-hydrogen) atoms. The van der Waals surface area contributed by atoms with Crippen LogP contribution in [0.4, 0.5) is 0 Å². The van der Waals surface area contributed by atoms with Crippen LogP contribution in [0.15, 0.2) is 13.2 Å². The molecular weight excluding hydrogens is 328 g/mol. The van der Waals surface area contributed by atoms with E-state index in [0.29, 0.717) is 18.8 Å². The van der Waals surface area contributed by atoms with Gasteiger partial charge in [-0.25, -0.2) is 0 Å². The smallest absolute Gasteiger partial charge is 0.261 e. The average Bonchev–Trinajstić information content (AvgIpc) is 1.77. The van der Waals surface area contributed by atoms with Gasteiger partial charge in [-0.1, -0.05) is 0 Å². The third-order valence-corrected chi connectivity index (χ3v) is 0. The van der Waals surface area contributed by atoms with Crippen molar-refractivity contribution >= 4 is 30.4 Å². The molecule has 0 unspecified atom stereocenters. The Labute approximate surface area is 114 Å². The first-order chi connectivity index (χ1) is 7.00. The normalized spacial score (nSPS) is 9.37. The maximum atomic E-state index is 9.19. The van der Waals surface area contributed by atoms with Crippen LogP contribution in [0.1, 0.15) is 0 Å². The Morgan fingerprint density at radius 3 is 0.579 bits per heavy atom. The van der Waals surface area contributed by atoms with Crippen LogP contribution in [-0.2, 0) is 30.4 Å². The standard InChI is InChI=1S/C2H4.3CH4O3S.2H3N/c1-2;3*1-5(2,3)4;;/h1-2H2;3*1H3,(H,2,3,4);2*1H3. The first-order valence-corrected chi connectivity index (χ1v) is 8.82. The molecule has 0 aliphatic heterocycles. The molecule has 0 aliphatic carbocycles. The van der Waals surface area contributed by atoms with Crippen LogP contribution in [0.5, 0.6) is 0 Å². The van der Waals surface area contributed by atoms with Crippen molar-refractivity contribution in [2.24, 2.45) is 0 Å². The number of rotatable bonds is 0. The van der Waals surface area contributed by atoms with Gasteiger partial charge in [-0.3, -0.25) is 13.7 Å². The van der Waals surface area contributed by atoms with Gasteiger partial charge in [0.1, 0.15) is 0 Å². The van der Waals surface area contributed by atoms with Crippen LogP contribution < -0.4 is 12.3 Å². The maximum absolute atomic E-state index is 9.19. The van der Waals surface area contributed by atoms with Gasteiger partial charge in [-0.05, 0) is 0 Å². The zero-order chi connectivity index (χ0) is 15.5. The fourth-order valence-corrected chi connectivity index (χ4v) is 0. The van der Waals surface area contributed by atoms with Gasteiger partial charge in [-0.15, -0.1) is 13.2 Å². The van der Waals surface area contributed by atoms with Gasteiger partial charge in [0.05, 0.1) is 18.8 Å². The van der Waals surface area contributed by atoms with Crippen molar-refractivity contribution in [1.82, 2.24) is 12.3 Å². The highest BCUT2D eigenvalue weighted by molar-refractivity contribution is 7.85. The summed E-state index contributed by atoms with van der Waals surface area (Å²) in [5, 5.41) is 0. The van der Waals surface area contributed by atoms with Gasteiger partial charge in [0.2, 0.25) is 0 Å². The summed E-state index contributed by atoms with van der Waals surface area (Å²) in [5.74, 6) is 0. The molecule has 0 aliphatic rings. The lowest BCUT2D eigenvalue weighted by Crippen LogP contribution is -1.88. The van der Waals surface area contributed by atoms with E-state index in [1.54, 1.807) is 0 Å². The predicted octanol–water partition coefficient (Wildman–Crippen LogP) is -0.362. The van der Waals surface area contributed by atoms with E-state index in [-0.39, 0.29) is 12.3 Å². The topological polar surface area (TPSA) is 233 Å². The molecule has 0 aromatic heterocycles. The van der Waals surface area contributed by atoms with Crippen molar-refractivity contribution < 1.29 is 38.9 Å². The largest absolute Gasteiger partial charge is 0.344 e. The highest BCUT2D eigenvalue weighted by Gasteiger charge is 1.82. The second-order valence-electron chi connectivity index (χ2n) is 2.20. The Hall–Kier alpha value is -0.610. The summed E-state index contributed by atoms with van der Waals surface area (Å²) in [7, 11) is -11.0. The van der Waals surface area contributed by atoms with Crippen molar-refractivity contribution in [2.75, 3.05) is 18.8 Å². The van der Waals surface area contributed by atoms with Gasteiger partial charge in [0, 0.05) is 0 Å². The Bertz CT molecular complexity index is 369. The third kappa shape index (κ3) is 11100. The molecule has 14 heteroatoms. The molecule has 0 saturated heterocycles. The van der Waals surface area contributed by atoms with Crippen molar-refractivity contribution in [3.63, 3.8) is 0 Å². The Kier molecular flexibility index (Phi) is 29.5. The lowest BCUT2D eigenvalue weighted by atomic mass is 11.3. The molecule has 0 aromatic carbocycles. The van der Waals surface area contributed by atoms with E-state index >= 15 is 0 Å². The monoisotopic (exact) mass is 350 g/mol. The molecule has 0 atom stereocenters. The van der Waals surface area contributed by atoms with E-state index in [4.69, 9.17) is 13.7 Å². The average molecular weight is 350 g/mol. The minimum Gasteiger partial charge on any atom is -0.344 e. The van der Waals surface area contributed by atoms with Crippen molar-refractivity contribution in [1.29, 1.82) is 0 Å². The summed E-state index contributed by atoms with van der Waals surface area (Å²) in [4.78, 5) is 0. The van der Waals surface area contributed by atoms with E-state index in [1.165, 1.54) is 0 Å². The van der Waals surface area contributed by atoms with Gasteiger partial charge in [-0.2, -0.15) is 25.3 Å². The summed E-state index contributed by atoms with van der Waals surface area (Å²) in [6, 6.07) is 0. The molecule has 0 saturated carbocycles. The minimum atomic E-state index is -3.67. The first-order valence-electron chi connectivity index (χ1n) is 3.27. The molecule has 124 valence electrons. The molecule has 0 aromatic rings. The fourth-order valence-electron chi connectivity index (χ4n) is 0. The number of hydrogen-bond donors (Lipinski definition) is 5. The number of hydrogen-bond acceptors (Lipinski definition) is 8. The van der Waals surface area contributed by atoms with Crippen LogP contribution in [0.25, 0.3) is 0 Å². The van der Waals surface area contributed by atoms with Gasteiger partial charge in [0.15, 0.2) is 0 Å². The SMILES string of the molecule is C=C.CS(=O)(=O)O.CS(=O)(=O)O.CS(=O)(=O)O.N.N. The minimum absolute atomic E-state index is 0. The van der Waals surface area contributed by atoms with E-state index in [0.717, 1.165) is 0 Å². The molecule has 0 spiro atoms. The van der Waals surface area contributed by atoms with Gasteiger partial charge >= 0.3 is 0 Å². The highest BCUT2D eigenvalue weighted by Crippen LogP contribution is 1.61. The second-order valence-corrected chi connectivity index (χ2v) is 6.60. The summed E-state index contributed by atoms with van der Waals surface area (Å²) < 4.78 is 77.6. The van der Waals surface area contributed by atoms with Gasteiger partial charge < -0.3 is 12.3 Å². The molecule has 11 nitrogen and oxygen atoms in total. The lowest BCUT2D eigenvalue weighted by molar-refractivity contribution is 0.488. The molecule has 9 N–H and O–H groups in total. The molecule has 0 heterocycles. The fraction of sp³-hybridized carbons (Fsp3) is 0.600. The molecule has 0 bridgehead atoms. The lowest BCUT2D eigenvalue weighted by Gasteiger charge is -1.69. The van der Waals surface area contributed by atoms with Crippen LogP contribution in [-0.4, -0.2) is 57.7 Å². The molecule has 0 amide bonds. The van der Waals surface area contributed by atoms with Gasteiger partial charge in [0.25, 0.3) is 30.4 Å². The predicted molar refractivity (Wildman–Crippen MR) is 73.7 cm³/mol. The van der Waals surface area contributed by atoms with Crippen LogP contribution in [0, 0.1) is 0 Å². The van der Waals surface area contributed by atoms with Crippen LogP contribution >= 0.6 is 0 Å². The van der Waals surface area contributed by atoms with Crippen molar-refractivity contribution in [2.45, 2.75) is 0 Å². The van der Waals surface area contributed by atoms with Crippen molar-refractivity contribution in [3.8, 4) is 0 Å². The summed E-state index contributed by atoms with van der Waals surface area (Å²) >= 11 is 0. The molecular formula is C5H22N2O9S3. The zero-order valence-electron chi connectivity index (χ0n) is 10.8. The first kappa shape index (κ1) is 36.2. The molecule has 0 fully saturated rings.